The number of β-amino-alcohol motifs (C(OH)–C–C–N with tert-alkyl or cyclic N) is 1. The van der Waals surface area contributed by atoms with Gasteiger partial charge in [-0.25, -0.2) is 0 Å². The van der Waals surface area contributed by atoms with E-state index in [9.17, 15) is 9.90 Å². The van der Waals surface area contributed by atoms with E-state index in [1.54, 1.807) is 17.4 Å². The van der Waals surface area contributed by atoms with Crippen LogP contribution in [-0.4, -0.2) is 53.1 Å². The summed E-state index contributed by atoms with van der Waals surface area (Å²) in [7, 11) is 0. The van der Waals surface area contributed by atoms with Gasteiger partial charge in [-0.05, 0) is 19.0 Å². The molecule has 5 heteroatoms. The van der Waals surface area contributed by atoms with Gasteiger partial charge in [0.25, 0.3) is 0 Å². The summed E-state index contributed by atoms with van der Waals surface area (Å²) in [6, 6.07) is 1.93. The van der Waals surface area contributed by atoms with Crippen molar-refractivity contribution in [3.63, 3.8) is 0 Å². The highest BCUT2D eigenvalue weighted by Gasteiger charge is 2.23. The van der Waals surface area contributed by atoms with Crippen molar-refractivity contribution in [3.05, 3.63) is 24.2 Å². The van der Waals surface area contributed by atoms with Crippen LogP contribution in [0, 0.1) is 0 Å². The van der Waals surface area contributed by atoms with Crippen molar-refractivity contribution in [1.82, 2.24) is 9.80 Å². The van der Waals surface area contributed by atoms with Gasteiger partial charge >= 0.3 is 0 Å². The van der Waals surface area contributed by atoms with Crippen LogP contribution >= 0.6 is 0 Å². The summed E-state index contributed by atoms with van der Waals surface area (Å²) < 4.78 is 5.04. The third-order valence-corrected chi connectivity index (χ3v) is 3.50. The van der Waals surface area contributed by atoms with Crippen LogP contribution in [0.5, 0.6) is 0 Å². The van der Waals surface area contributed by atoms with Crippen LogP contribution in [0.15, 0.2) is 23.0 Å². The third kappa shape index (κ3) is 4.08. The number of carbonyl (C=O) groups is 1. The van der Waals surface area contributed by atoms with E-state index in [0.717, 1.165) is 31.6 Å². The summed E-state index contributed by atoms with van der Waals surface area (Å²) in [5.74, 6) is 0.164. The Hall–Kier alpha value is -1.33. The summed E-state index contributed by atoms with van der Waals surface area (Å²) in [6.07, 6.45) is 4.42. The number of rotatable bonds is 7. The van der Waals surface area contributed by atoms with Gasteiger partial charge in [-0.2, -0.15) is 0 Å². The van der Waals surface area contributed by atoms with Crippen molar-refractivity contribution in [1.29, 1.82) is 0 Å². The third-order valence-electron chi connectivity index (χ3n) is 3.50. The Morgan fingerprint density at radius 1 is 1.58 bits per heavy atom. The molecular weight excluding hydrogens is 244 g/mol. The SMILES string of the molecule is CCN(Cc1ccoc1)CC(O)CN1CCCC1=O. The van der Waals surface area contributed by atoms with Gasteiger partial charge in [0.1, 0.15) is 0 Å². The summed E-state index contributed by atoms with van der Waals surface area (Å²) in [5.41, 5.74) is 1.10. The summed E-state index contributed by atoms with van der Waals surface area (Å²) in [5, 5.41) is 10.1. The first-order valence-corrected chi connectivity index (χ1v) is 6.88. The number of likely N-dealkylation sites (N-methyl/N-ethyl adjacent to an activating group) is 1. The van der Waals surface area contributed by atoms with Crippen molar-refractivity contribution < 1.29 is 14.3 Å². The number of aliphatic hydroxyl groups excluding tert-OH is 1. The Kier molecular flexibility index (Phi) is 4.99. The molecule has 0 aliphatic carbocycles. The molecule has 2 rings (SSSR count). The fraction of sp³-hybridized carbons (Fsp3) is 0.643. The largest absolute Gasteiger partial charge is 0.472 e. The van der Waals surface area contributed by atoms with Gasteiger partial charge in [0, 0.05) is 38.2 Å². The fourth-order valence-corrected chi connectivity index (χ4v) is 2.45. The molecule has 1 aliphatic rings. The van der Waals surface area contributed by atoms with E-state index in [4.69, 9.17) is 4.42 Å². The Labute approximate surface area is 113 Å². The zero-order valence-corrected chi connectivity index (χ0v) is 11.4. The van der Waals surface area contributed by atoms with Gasteiger partial charge in [0.15, 0.2) is 0 Å². The number of hydrogen-bond donors (Lipinski definition) is 1. The topological polar surface area (TPSA) is 56.9 Å². The average molecular weight is 266 g/mol. The molecule has 0 spiro atoms. The van der Waals surface area contributed by atoms with Crippen LogP contribution in [0.1, 0.15) is 25.3 Å². The summed E-state index contributed by atoms with van der Waals surface area (Å²) >= 11 is 0. The molecule has 0 bridgehead atoms. The molecule has 1 saturated heterocycles. The van der Waals surface area contributed by atoms with Crippen LogP contribution in [-0.2, 0) is 11.3 Å². The predicted molar refractivity (Wildman–Crippen MR) is 71.5 cm³/mol. The lowest BCUT2D eigenvalue weighted by atomic mass is 10.2. The predicted octanol–water partition coefficient (Wildman–Crippen LogP) is 1.08. The smallest absolute Gasteiger partial charge is 0.222 e. The maximum absolute atomic E-state index is 11.5. The Morgan fingerprint density at radius 3 is 3.00 bits per heavy atom. The minimum atomic E-state index is -0.492. The van der Waals surface area contributed by atoms with E-state index >= 15 is 0 Å². The second kappa shape index (κ2) is 6.73. The van der Waals surface area contributed by atoms with E-state index in [0.29, 0.717) is 19.5 Å². The number of aliphatic hydroxyl groups is 1. The van der Waals surface area contributed by atoms with Crippen molar-refractivity contribution in [2.75, 3.05) is 26.2 Å². The maximum atomic E-state index is 11.5. The molecule has 106 valence electrons. The highest BCUT2D eigenvalue weighted by Crippen LogP contribution is 2.11. The van der Waals surface area contributed by atoms with Crippen LogP contribution in [0.2, 0.25) is 0 Å². The molecule has 0 radical (unpaired) electrons. The molecule has 0 aromatic carbocycles. The minimum Gasteiger partial charge on any atom is -0.472 e. The van der Waals surface area contributed by atoms with Crippen LogP contribution in [0.4, 0.5) is 0 Å². The zero-order valence-electron chi connectivity index (χ0n) is 11.4. The van der Waals surface area contributed by atoms with Gasteiger partial charge < -0.3 is 14.4 Å². The lowest BCUT2D eigenvalue weighted by Gasteiger charge is -2.26. The minimum absolute atomic E-state index is 0.164. The van der Waals surface area contributed by atoms with Crippen molar-refractivity contribution >= 4 is 5.91 Å². The van der Waals surface area contributed by atoms with Gasteiger partial charge in [-0.3, -0.25) is 9.69 Å². The molecule has 2 heterocycles. The van der Waals surface area contributed by atoms with Gasteiger partial charge in [-0.15, -0.1) is 0 Å². The van der Waals surface area contributed by atoms with Crippen molar-refractivity contribution in [3.8, 4) is 0 Å². The normalized spacial score (nSPS) is 17.4. The summed E-state index contributed by atoms with van der Waals surface area (Å²) in [6.45, 7) is 5.48. The lowest BCUT2D eigenvalue weighted by molar-refractivity contribution is -0.129. The number of hydrogen-bond acceptors (Lipinski definition) is 4. The number of carbonyl (C=O) groups excluding carboxylic acids is 1. The monoisotopic (exact) mass is 266 g/mol. The van der Waals surface area contributed by atoms with Gasteiger partial charge in [-0.1, -0.05) is 6.92 Å². The number of amides is 1. The second-order valence-electron chi connectivity index (χ2n) is 5.06. The molecule has 5 nitrogen and oxygen atoms in total. The average Bonchev–Trinajstić information content (AvgIpc) is 3.01. The maximum Gasteiger partial charge on any atom is 0.222 e. The first kappa shape index (κ1) is 14.1. The molecule has 1 atom stereocenters. The molecular formula is C14H22N2O3. The molecule has 1 aromatic heterocycles. The molecule has 1 amide bonds. The number of nitrogens with zero attached hydrogens (tertiary/aromatic N) is 2. The number of likely N-dealkylation sites (tertiary alicyclic amines) is 1. The molecule has 1 aromatic rings. The first-order chi connectivity index (χ1) is 9.19. The van der Waals surface area contributed by atoms with Crippen LogP contribution < -0.4 is 0 Å². The van der Waals surface area contributed by atoms with Crippen LogP contribution in [0.25, 0.3) is 0 Å². The molecule has 1 fully saturated rings. The standard InChI is InChI=1S/C14H22N2O3/c1-2-15(8-12-5-7-19-11-12)9-13(17)10-16-6-3-4-14(16)18/h5,7,11,13,17H,2-4,6,8-10H2,1H3. The number of furan rings is 1. The molecule has 19 heavy (non-hydrogen) atoms. The van der Waals surface area contributed by atoms with E-state index in [1.165, 1.54) is 0 Å². The first-order valence-electron chi connectivity index (χ1n) is 6.88. The highest BCUT2D eigenvalue weighted by atomic mass is 16.3. The van der Waals surface area contributed by atoms with Crippen LogP contribution in [0.3, 0.4) is 0 Å². The van der Waals surface area contributed by atoms with Gasteiger partial charge in [0.2, 0.25) is 5.91 Å². The second-order valence-corrected chi connectivity index (χ2v) is 5.06. The molecule has 1 N–H and O–H groups in total. The fourth-order valence-electron chi connectivity index (χ4n) is 2.45. The van der Waals surface area contributed by atoms with Crippen molar-refractivity contribution in [2.45, 2.75) is 32.4 Å². The van der Waals surface area contributed by atoms with E-state index in [1.807, 2.05) is 6.07 Å². The van der Waals surface area contributed by atoms with E-state index in [-0.39, 0.29) is 5.91 Å². The Bertz CT molecular complexity index is 391. The summed E-state index contributed by atoms with van der Waals surface area (Å²) in [4.78, 5) is 15.4. The van der Waals surface area contributed by atoms with Gasteiger partial charge in [0.05, 0.1) is 18.6 Å². The van der Waals surface area contributed by atoms with E-state index < -0.39 is 6.10 Å². The Morgan fingerprint density at radius 2 is 2.42 bits per heavy atom. The highest BCUT2D eigenvalue weighted by molar-refractivity contribution is 5.78. The molecule has 0 saturated carbocycles. The van der Waals surface area contributed by atoms with Crippen molar-refractivity contribution in [2.24, 2.45) is 0 Å². The molecule has 1 aliphatic heterocycles. The quantitative estimate of drug-likeness (QED) is 0.802. The molecule has 1 unspecified atom stereocenters. The Balaban J connectivity index is 1.78. The van der Waals surface area contributed by atoms with E-state index in [2.05, 4.69) is 11.8 Å². The lowest BCUT2D eigenvalue weighted by Crippen LogP contribution is -2.40. The zero-order chi connectivity index (χ0) is 13.7.